The summed E-state index contributed by atoms with van der Waals surface area (Å²) < 4.78 is 35.6. The van der Waals surface area contributed by atoms with Crippen molar-refractivity contribution in [2.45, 2.75) is 39.3 Å². The molecule has 170 valence electrons. The van der Waals surface area contributed by atoms with Crippen molar-refractivity contribution in [2.24, 2.45) is 0 Å². The number of fused-ring (bicyclic) bond motifs is 1. The summed E-state index contributed by atoms with van der Waals surface area (Å²) >= 11 is 2.18. The number of amides is 1. The number of carbonyl (C=O) groups is 1. The van der Waals surface area contributed by atoms with E-state index in [-0.39, 0.29) is 12.1 Å². The monoisotopic (exact) mass is 555 g/mol. The Balaban J connectivity index is 1.65. The van der Waals surface area contributed by atoms with Gasteiger partial charge < -0.3 is 14.5 Å². The fourth-order valence-corrected chi connectivity index (χ4v) is 4.62. The van der Waals surface area contributed by atoms with Crippen LogP contribution in [0.3, 0.4) is 0 Å². The van der Waals surface area contributed by atoms with Gasteiger partial charge in [0.1, 0.15) is 29.4 Å². The van der Waals surface area contributed by atoms with Gasteiger partial charge in [0.2, 0.25) is 0 Å². The Morgan fingerprint density at radius 1 is 1.16 bits per heavy atom. The smallest absolute Gasteiger partial charge is 0.410 e. The minimum Gasteiger partial charge on any atom is -0.444 e. The molecule has 0 bridgehead atoms. The zero-order chi connectivity index (χ0) is 23.2. The molecule has 0 unspecified atom stereocenters. The van der Waals surface area contributed by atoms with E-state index in [4.69, 9.17) is 4.74 Å². The van der Waals surface area contributed by atoms with Crippen LogP contribution in [0.25, 0.3) is 16.7 Å². The predicted octanol–water partition coefficient (Wildman–Crippen LogP) is 4.75. The SMILES string of the molecule is C[C@@H]1CN(c2ncnc3c2c(I)cn3-c2cc(F)cc(F)c2)CCN1C(=O)OC(C)(C)C. The summed E-state index contributed by atoms with van der Waals surface area (Å²) in [4.78, 5) is 25.3. The molecule has 1 aliphatic heterocycles. The van der Waals surface area contributed by atoms with Crippen LogP contribution in [-0.4, -0.2) is 56.8 Å². The van der Waals surface area contributed by atoms with Gasteiger partial charge in [-0.25, -0.2) is 23.5 Å². The van der Waals surface area contributed by atoms with E-state index in [0.29, 0.717) is 31.0 Å². The van der Waals surface area contributed by atoms with E-state index in [9.17, 15) is 13.6 Å². The highest BCUT2D eigenvalue weighted by molar-refractivity contribution is 14.1. The van der Waals surface area contributed by atoms with Crippen molar-refractivity contribution in [1.82, 2.24) is 19.4 Å². The average molecular weight is 555 g/mol. The van der Waals surface area contributed by atoms with E-state index >= 15 is 0 Å². The Hall–Kier alpha value is -2.50. The van der Waals surface area contributed by atoms with E-state index in [1.54, 1.807) is 15.7 Å². The Kier molecular flexibility index (Phi) is 5.99. The summed E-state index contributed by atoms with van der Waals surface area (Å²) in [6.07, 6.45) is 2.91. The molecule has 0 aliphatic carbocycles. The quantitative estimate of drug-likeness (QED) is 0.428. The summed E-state index contributed by atoms with van der Waals surface area (Å²) in [6.45, 7) is 9.16. The second kappa shape index (κ2) is 8.45. The van der Waals surface area contributed by atoms with Gasteiger partial charge in [-0.05, 0) is 62.4 Å². The van der Waals surface area contributed by atoms with Crippen molar-refractivity contribution in [3.63, 3.8) is 0 Å². The van der Waals surface area contributed by atoms with E-state index in [0.717, 1.165) is 20.8 Å². The van der Waals surface area contributed by atoms with Crippen LogP contribution in [0, 0.1) is 15.2 Å². The molecule has 1 saturated heterocycles. The Bertz CT molecular complexity index is 1160. The molecule has 1 aromatic carbocycles. The standard InChI is InChI=1S/C22H24F2IN5O2/c1-13-10-28(5-6-29(13)21(31)32-22(2,3)4)19-18-17(25)11-30(20(18)27-12-26-19)16-8-14(23)7-15(24)9-16/h7-9,11-13H,5-6,10H2,1-4H3/t13-/m1/s1. The van der Waals surface area contributed by atoms with Crippen LogP contribution in [-0.2, 0) is 4.74 Å². The number of anilines is 1. The summed E-state index contributed by atoms with van der Waals surface area (Å²) in [5.41, 5.74) is 0.358. The third kappa shape index (κ3) is 4.50. The molecule has 7 nitrogen and oxygen atoms in total. The number of benzene rings is 1. The molecule has 3 heterocycles. The molecule has 0 radical (unpaired) electrons. The first-order chi connectivity index (χ1) is 15.0. The maximum absolute atomic E-state index is 13.8. The van der Waals surface area contributed by atoms with Crippen LogP contribution in [0.4, 0.5) is 19.4 Å². The molecule has 1 atom stereocenters. The zero-order valence-electron chi connectivity index (χ0n) is 18.3. The summed E-state index contributed by atoms with van der Waals surface area (Å²) in [5.74, 6) is -0.581. The van der Waals surface area contributed by atoms with Gasteiger partial charge in [0.05, 0.1) is 11.1 Å². The molecule has 0 N–H and O–H groups in total. The Morgan fingerprint density at radius 3 is 2.47 bits per heavy atom. The number of piperazine rings is 1. The van der Waals surface area contributed by atoms with Gasteiger partial charge in [-0.15, -0.1) is 0 Å². The van der Waals surface area contributed by atoms with Crippen LogP contribution in [0.5, 0.6) is 0 Å². The van der Waals surface area contributed by atoms with Crippen molar-refractivity contribution in [1.29, 1.82) is 0 Å². The third-order valence-electron chi connectivity index (χ3n) is 5.20. The average Bonchev–Trinajstić information content (AvgIpc) is 3.03. The van der Waals surface area contributed by atoms with Crippen LogP contribution in [0.1, 0.15) is 27.7 Å². The molecule has 10 heteroatoms. The molecular formula is C22H24F2IN5O2. The summed E-state index contributed by atoms with van der Waals surface area (Å²) in [6, 6.07) is 3.29. The summed E-state index contributed by atoms with van der Waals surface area (Å²) in [7, 11) is 0. The van der Waals surface area contributed by atoms with Crippen molar-refractivity contribution >= 4 is 45.5 Å². The van der Waals surface area contributed by atoms with Gasteiger partial charge in [0.15, 0.2) is 5.65 Å². The van der Waals surface area contributed by atoms with Gasteiger partial charge >= 0.3 is 6.09 Å². The number of carbonyl (C=O) groups excluding carboxylic acids is 1. The fraction of sp³-hybridized carbons (Fsp3) is 0.409. The molecule has 32 heavy (non-hydrogen) atoms. The number of hydrogen-bond donors (Lipinski definition) is 0. The Labute approximate surface area is 198 Å². The lowest BCUT2D eigenvalue weighted by Gasteiger charge is -2.40. The van der Waals surface area contributed by atoms with Crippen LogP contribution >= 0.6 is 22.6 Å². The highest BCUT2D eigenvalue weighted by Crippen LogP contribution is 2.32. The van der Waals surface area contributed by atoms with Crippen LogP contribution in [0.2, 0.25) is 0 Å². The maximum Gasteiger partial charge on any atom is 0.410 e. The first-order valence-electron chi connectivity index (χ1n) is 10.3. The van der Waals surface area contributed by atoms with Gasteiger partial charge in [-0.3, -0.25) is 4.57 Å². The third-order valence-corrected chi connectivity index (χ3v) is 6.02. The zero-order valence-corrected chi connectivity index (χ0v) is 20.4. The second-order valence-corrected chi connectivity index (χ2v) is 10.0. The number of aromatic nitrogens is 3. The molecule has 1 aliphatic rings. The van der Waals surface area contributed by atoms with Crippen molar-refractivity contribution < 1.29 is 18.3 Å². The number of nitrogens with zero attached hydrogens (tertiary/aromatic N) is 5. The number of ether oxygens (including phenoxy) is 1. The first-order valence-corrected chi connectivity index (χ1v) is 11.3. The lowest BCUT2D eigenvalue weighted by Crippen LogP contribution is -2.55. The van der Waals surface area contributed by atoms with E-state index in [2.05, 4.69) is 37.5 Å². The number of halogens is 3. The molecule has 0 saturated carbocycles. The Morgan fingerprint density at radius 2 is 1.84 bits per heavy atom. The largest absolute Gasteiger partial charge is 0.444 e. The van der Waals surface area contributed by atoms with Crippen molar-refractivity contribution in [3.8, 4) is 5.69 Å². The first kappa shape index (κ1) is 22.7. The van der Waals surface area contributed by atoms with Crippen molar-refractivity contribution in [3.05, 3.63) is 45.9 Å². The van der Waals surface area contributed by atoms with Gasteiger partial charge in [0, 0.05) is 41.5 Å². The van der Waals surface area contributed by atoms with Crippen LogP contribution in [0.15, 0.2) is 30.7 Å². The summed E-state index contributed by atoms with van der Waals surface area (Å²) in [5, 5.41) is 0.802. The van der Waals surface area contributed by atoms with Gasteiger partial charge in [-0.2, -0.15) is 0 Å². The molecule has 1 fully saturated rings. The van der Waals surface area contributed by atoms with E-state index < -0.39 is 17.2 Å². The van der Waals surface area contributed by atoms with E-state index in [1.807, 2.05) is 27.7 Å². The molecule has 3 aromatic rings. The van der Waals surface area contributed by atoms with Gasteiger partial charge in [0.25, 0.3) is 0 Å². The minimum absolute atomic E-state index is 0.0827. The highest BCUT2D eigenvalue weighted by Gasteiger charge is 2.32. The highest BCUT2D eigenvalue weighted by atomic mass is 127. The number of rotatable bonds is 2. The topological polar surface area (TPSA) is 63.5 Å². The second-order valence-electron chi connectivity index (χ2n) is 8.84. The fourth-order valence-electron chi connectivity index (χ4n) is 3.86. The van der Waals surface area contributed by atoms with Crippen LogP contribution < -0.4 is 4.90 Å². The molecule has 2 aromatic heterocycles. The molecule has 0 spiro atoms. The normalized spacial score (nSPS) is 17.2. The van der Waals surface area contributed by atoms with Gasteiger partial charge in [-0.1, -0.05) is 0 Å². The van der Waals surface area contributed by atoms with Crippen molar-refractivity contribution in [2.75, 3.05) is 24.5 Å². The number of hydrogen-bond acceptors (Lipinski definition) is 5. The molecule has 1 amide bonds. The lowest BCUT2D eigenvalue weighted by atomic mass is 10.2. The predicted molar refractivity (Wildman–Crippen MR) is 126 cm³/mol. The molecule has 4 rings (SSSR count). The van der Waals surface area contributed by atoms with E-state index in [1.165, 1.54) is 18.5 Å². The lowest BCUT2D eigenvalue weighted by molar-refractivity contribution is 0.0159. The maximum atomic E-state index is 13.8. The molecular weight excluding hydrogens is 531 g/mol. The minimum atomic E-state index is -0.654.